The van der Waals surface area contributed by atoms with Gasteiger partial charge in [0.2, 0.25) is 5.91 Å². The van der Waals surface area contributed by atoms with Crippen LogP contribution in [0, 0.1) is 5.92 Å². The predicted octanol–water partition coefficient (Wildman–Crippen LogP) is -0.122. The summed E-state index contributed by atoms with van der Waals surface area (Å²) in [7, 11) is -3.26. The molecule has 0 aliphatic carbocycles. The summed E-state index contributed by atoms with van der Waals surface area (Å²) in [5, 5.41) is 3.17. The van der Waals surface area contributed by atoms with Gasteiger partial charge in [-0.3, -0.25) is 4.79 Å². The summed E-state index contributed by atoms with van der Waals surface area (Å²) in [6.45, 7) is 7.68. The van der Waals surface area contributed by atoms with E-state index in [1.807, 2.05) is 20.8 Å². The SMILES string of the molecule is CC(C)CS(=O)(=O)CC(=O)N1CCNC[C@@H]1C. The van der Waals surface area contributed by atoms with Crippen molar-refractivity contribution in [1.29, 1.82) is 0 Å². The molecule has 1 heterocycles. The molecular weight excluding hydrogens is 240 g/mol. The first-order valence-corrected chi connectivity index (χ1v) is 7.84. The molecule has 17 heavy (non-hydrogen) atoms. The van der Waals surface area contributed by atoms with E-state index in [0.717, 1.165) is 13.1 Å². The number of sulfone groups is 1. The third-order valence-electron chi connectivity index (χ3n) is 2.75. The summed E-state index contributed by atoms with van der Waals surface area (Å²) >= 11 is 0. The molecule has 1 rings (SSSR count). The first-order valence-electron chi connectivity index (χ1n) is 6.02. The van der Waals surface area contributed by atoms with Crippen LogP contribution in [0.2, 0.25) is 0 Å². The summed E-state index contributed by atoms with van der Waals surface area (Å²) in [5.41, 5.74) is 0. The van der Waals surface area contributed by atoms with Crippen LogP contribution in [0.3, 0.4) is 0 Å². The highest BCUT2D eigenvalue weighted by Crippen LogP contribution is 2.07. The van der Waals surface area contributed by atoms with Gasteiger partial charge in [-0.15, -0.1) is 0 Å². The van der Waals surface area contributed by atoms with E-state index in [-0.39, 0.29) is 29.4 Å². The molecule has 1 N–H and O–H groups in total. The highest BCUT2D eigenvalue weighted by atomic mass is 32.2. The van der Waals surface area contributed by atoms with Gasteiger partial charge in [-0.2, -0.15) is 0 Å². The largest absolute Gasteiger partial charge is 0.337 e. The zero-order valence-electron chi connectivity index (χ0n) is 10.8. The Kier molecular flexibility index (Phi) is 4.94. The van der Waals surface area contributed by atoms with Crippen LogP contribution in [0.1, 0.15) is 20.8 Å². The third kappa shape index (κ3) is 4.63. The molecule has 0 spiro atoms. The van der Waals surface area contributed by atoms with Crippen molar-refractivity contribution in [3.8, 4) is 0 Å². The zero-order chi connectivity index (χ0) is 13.1. The van der Waals surface area contributed by atoms with Crippen molar-refractivity contribution in [2.75, 3.05) is 31.1 Å². The lowest BCUT2D eigenvalue weighted by molar-refractivity contribution is -0.131. The molecule has 0 aromatic carbocycles. The molecule has 0 aromatic heterocycles. The second-order valence-corrected chi connectivity index (χ2v) is 7.20. The van der Waals surface area contributed by atoms with Gasteiger partial charge in [0.1, 0.15) is 5.75 Å². The Morgan fingerprint density at radius 1 is 1.47 bits per heavy atom. The number of piperazine rings is 1. The maximum Gasteiger partial charge on any atom is 0.238 e. The summed E-state index contributed by atoms with van der Waals surface area (Å²) in [5.74, 6) is -0.470. The lowest BCUT2D eigenvalue weighted by atomic mass is 10.2. The van der Waals surface area contributed by atoms with Crippen molar-refractivity contribution in [3.63, 3.8) is 0 Å². The Balaban J connectivity index is 2.59. The second-order valence-electron chi connectivity index (χ2n) is 5.09. The fourth-order valence-electron chi connectivity index (χ4n) is 2.05. The van der Waals surface area contributed by atoms with Gasteiger partial charge in [0, 0.05) is 25.7 Å². The van der Waals surface area contributed by atoms with E-state index >= 15 is 0 Å². The van der Waals surface area contributed by atoms with Crippen molar-refractivity contribution in [3.05, 3.63) is 0 Å². The van der Waals surface area contributed by atoms with Crippen molar-refractivity contribution >= 4 is 15.7 Å². The quantitative estimate of drug-likeness (QED) is 0.767. The van der Waals surface area contributed by atoms with Crippen molar-refractivity contribution < 1.29 is 13.2 Å². The lowest BCUT2D eigenvalue weighted by Crippen LogP contribution is -2.53. The molecule has 100 valence electrons. The average Bonchev–Trinajstić information content (AvgIpc) is 2.14. The molecule has 0 saturated carbocycles. The smallest absolute Gasteiger partial charge is 0.238 e. The molecule has 1 amide bonds. The number of nitrogens with zero attached hydrogens (tertiary/aromatic N) is 1. The molecule has 1 saturated heterocycles. The van der Waals surface area contributed by atoms with Crippen LogP contribution in [0.25, 0.3) is 0 Å². The van der Waals surface area contributed by atoms with Gasteiger partial charge < -0.3 is 10.2 Å². The highest BCUT2D eigenvalue weighted by molar-refractivity contribution is 7.92. The second kappa shape index (κ2) is 5.82. The Morgan fingerprint density at radius 3 is 2.65 bits per heavy atom. The summed E-state index contributed by atoms with van der Waals surface area (Å²) in [4.78, 5) is 13.6. The van der Waals surface area contributed by atoms with Crippen LogP contribution in [0.15, 0.2) is 0 Å². The minimum absolute atomic E-state index is 0.0632. The standard InChI is InChI=1S/C11H22N2O3S/c1-9(2)7-17(15,16)8-11(14)13-5-4-12-6-10(13)3/h9-10,12H,4-8H2,1-3H3/t10-/m0/s1. The molecule has 1 aliphatic rings. The number of carbonyl (C=O) groups is 1. The van der Waals surface area contributed by atoms with E-state index < -0.39 is 9.84 Å². The summed E-state index contributed by atoms with van der Waals surface area (Å²) < 4.78 is 23.5. The molecule has 1 fully saturated rings. The summed E-state index contributed by atoms with van der Waals surface area (Å²) in [6, 6.07) is 0.0745. The molecule has 1 atom stereocenters. The monoisotopic (exact) mass is 262 g/mol. The van der Waals surface area contributed by atoms with Crippen LogP contribution in [-0.4, -0.2) is 56.4 Å². The molecule has 5 nitrogen and oxygen atoms in total. The molecule has 0 bridgehead atoms. The van der Waals surface area contributed by atoms with Crippen LogP contribution in [0.5, 0.6) is 0 Å². The Hall–Kier alpha value is -0.620. The van der Waals surface area contributed by atoms with E-state index in [9.17, 15) is 13.2 Å². The first-order chi connectivity index (χ1) is 7.82. The van der Waals surface area contributed by atoms with Crippen LogP contribution in [0.4, 0.5) is 0 Å². The molecule has 0 radical (unpaired) electrons. The number of rotatable bonds is 4. The molecule has 1 aliphatic heterocycles. The molecule has 6 heteroatoms. The van der Waals surface area contributed by atoms with Gasteiger partial charge in [0.15, 0.2) is 9.84 Å². The van der Waals surface area contributed by atoms with Gasteiger partial charge in [-0.25, -0.2) is 8.42 Å². The van der Waals surface area contributed by atoms with E-state index in [0.29, 0.717) is 6.54 Å². The number of hydrogen-bond donors (Lipinski definition) is 1. The fraction of sp³-hybridized carbons (Fsp3) is 0.909. The number of hydrogen-bond acceptors (Lipinski definition) is 4. The van der Waals surface area contributed by atoms with Gasteiger partial charge in [0.25, 0.3) is 0 Å². The van der Waals surface area contributed by atoms with E-state index in [4.69, 9.17) is 0 Å². The minimum atomic E-state index is -3.26. The Morgan fingerprint density at radius 2 is 2.12 bits per heavy atom. The molecule has 0 aromatic rings. The number of carbonyl (C=O) groups excluding carboxylic acids is 1. The van der Waals surface area contributed by atoms with Crippen LogP contribution < -0.4 is 5.32 Å². The van der Waals surface area contributed by atoms with Gasteiger partial charge in [-0.05, 0) is 12.8 Å². The zero-order valence-corrected chi connectivity index (χ0v) is 11.6. The predicted molar refractivity (Wildman–Crippen MR) is 67.5 cm³/mol. The van der Waals surface area contributed by atoms with Crippen LogP contribution >= 0.6 is 0 Å². The van der Waals surface area contributed by atoms with E-state index in [1.54, 1.807) is 4.90 Å². The van der Waals surface area contributed by atoms with Crippen molar-refractivity contribution in [1.82, 2.24) is 10.2 Å². The number of amides is 1. The molecule has 0 unspecified atom stereocenters. The maximum atomic E-state index is 11.9. The van der Waals surface area contributed by atoms with Gasteiger partial charge in [-0.1, -0.05) is 13.8 Å². The highest BCUT2D eigenvalue weighted by Gasteiger charge is 2.27. The van der Waals surface area contributed by atoms with Crippen LogP contribution in [-0.2, 0) is 14.6 Å². The Labute approximate surface area is 103 Å². The van der Waals surface area contributed by atoms with E-state index in [2.05, 4.69) is 5.32 Å². The lowest BCUT2D eigenvalue weighted by Gasteiger charge is -2.34. The topological polar surface area (TPSA) is 66.5 Å². The number of nitrogens with one attached hydrogen (secondary N) is 1. The van der Waals surface area contributed by atoms with Crippen molar-refractivity contribution in [2.24, 2.45) is 5.92 Å². The first kappa shape index (κ1) is 14.4. The minimum Gasteiger partial charge on any atom is -0.337 e. The van der Waals surface area contributed by atoms with Gasteiger partial charge in [0.05, 0.1) is 5.75 Å². The van der Waals surface area contributed by atoms with Crippen molar-refractivity contribution in [2.45, 2.75) is 26.8 Å². The maximum absolute atomic E-state index is 11.9. The Bertz CT molecular complexity index is 365. The fourth-order valence-corrected chi connectivity index (χ4v) is 3.73. The van der Waals surface area contributed by atoms with E-state index in [1.165, 1.54) is 0 Å². The summed E-state index contributed by atoms with van der Waals surface area (Å²) in [6.07, 6.45) is 0. The normalized spacial score (nSPS) is 21.9. The average molecular weight is 262 g/mol. The molecular formula is C11H22N2O3S. The van der Waals surface area contributed by atoms with Gasteiger partial charge >= 0.3 is 0 Å². The third-order valence-corrected chi connectivity index (χ3v) is 4.61.